The third-order valence-corrected chi connectivity index (χ3v) is 2.12. The van der Waals surface area contributed by atoms with Gasteiger partial charge in [0.1, 0.15) is 5.75 Å². The van der Waals surface area contributed by atoms with Gasteiger partial charge >= 0.3 is 5.97 Å². The summed E-state index contributed by atoms with van der Waals surface area (Å²) in [5.41, 5.74) is 0.834. The molecule has 15 heavy (non-hydrogen) atoms. The zero-order chi connectivity index (χ0) is 11.4. The van der Waals surface area contributed by atoms with Gasteiger partial charge in [0.25, 0.3) is 0 Å². The fraction of sp³-hybridized carbons (Fsp3) is 0.364. The van der Waals surface area contributed by atoms with Crippen molar-refractivity contribution in [2.75, 3.05) is 0 Å². The van der Waals surface area contributed by atoms with Gasteiger partial charge in [0.05, 0.1) is 6.10 Å². The maximum atomic E-state index is 10.6. The van der Waals surface area contributed by atoms with Crippen molar-refractivity contribution >= 4 is 5.97 Å². The van der Waals surface area contributed by atoms with Crippen LogP contribution < -0.4 is 0 Å². The van der Waals surface area contributed by atoms with Gasteiger partial charge in [-0.3, -0.25) is 0 Å². The first-order valence-corrected chi connectivity index (χ1v) is 4.68. The van der Waals surface area contributed by atoms with E-state index in [4.69, 9.17) is 14.9 Å². The second-order valence-electron chi connectivity index (χ2n) is 3.35. The van der Waals surface area contributed by atoms with Crippen LogP contribution in [0.4, 0.5) is 0 Å². The van der Waals surface area contributed by atoms with Crippen LogP contribution in [-0.4, -0.2) is 22.3 Å². The molecule has 0 saturated carbocycles. The zero-order valence-electron chi connectivity index (χ0n) is 8.68. The predicted molar refractivity (Wildman–Crippen MR) is 54.7 cm³/mol. The van der Waals surface area contributed by atoms with Gasteiger partial charge in [-0.25, -0.2) is 4.79 Å². The summed E-state index contributed by atoms with van der Waals surface area (Å²) in [6.07, 6.45) is -1.15. The second-order valence-corrected chi connectivity index (χ2v) is 3.35. The fourth-order valence-corrected chi connectivity index (χ4v) is 1.19. The standard InChI is InChI=1S/C11H14O4/c1-7(15-8(2)11(13)14)9-3-5-10(12)6-4-9/h3-8,12H,1-2H3,(H,13,14)/t7-,8?/m0/s1. The number of ether oxygens (including phenoxy) is 1. The topological polar surface area (TPSA) is 66.8 Å². The van der Waals surface area contributed by atoms with Crippen molar-refractivity contribution in [3.05, 3.63) is 29.8 Å². The summed E-state index contributed by atoms with van der Waals surface area (Å²) in [7, 11) is 0. The Kier molecular flexibility index (Phi) is 3.68. The van der Waals surface area contributed by atoms with Crippen molar-refractivity contribution in [3.63, 3.8) is 0 Å². The number of aliphatic carboxylic acids is 1. The molecule has 0 saturated heterocycles. The first kappa shape index (κ1) is 11.5. The first-order valence-electron chi connectivity index (χ1n) is 4.68. The number of rotatable bonds is 4. The van der Waals surface area contributed by atoms with Crippen molar-refractivity contribution in [2.24, 2.45) is 0 Å². The molecule has 0 heterocycles. The van der Waals surface area contributed by atoms with Crippen LogP contribution in [0.5, 0.6) is 5.75 Å². The molecule has 2 atom stereocenters. The minimum absolute atomic E-state index is 0.178. The third-order valence-electron chi connectivity index (χ3n) is 2.12. The molecule has 4 nitrogen and oxygen atoms in total. The molecule has 1 aromatic rings. The van der Waals surface area contributed by atoms with E-state index in [1.807, 2.05) is 0 Å². The van der Waals surface area contributed by atoms with Crippen molar-refractivity contribution in [1.82, 2.24) is 0 Å². The van der Waals surface area contributed by atoms with Crippen LogP contribution in [0.15, 0.2) is 24.3 Å². The van der Waals surface area contributed by atoms with E-state index >= 15 is 0 Å². The Morgan fingerprint density at radius 2 is 1.80 bits per heavy atom. The van der Waals surface area contributed by atoms with Crippen molar-refractivity contribution in [1.29, 1.82) is 0 Å². The van der Waals surface area contributed by atoms with Crippen molar-refractivity contribution in [3.8, 4) is 5.75 Å². The summed E-state index contributed by atoms with van der Waals surface area (Å²) < 4.78 is 5.26. The fourth-order valence-electron chi connectivity index (χ4n) is 1.19. The van der Waals surface area contributed by atoms with E-state index in [9.17, 15) is 4.79 Å². The largest absolute Gasteiger partial charge is 0.508 e. The molecule has 0 aliphatic heterocycles. The number of hydrogen-bond acceptors (Lipinski definition) is 3. The van der Waals surface area contributed by atoms with Gasteiger partial charge in [0, 0.05) is 0 Å². The molecule has 0 radical (unpaired) electrons. The minimum atomic E-state index is -0.986. The molecule has 0 bridgehead atoms. The maximum absolute atomic E-state index is 10.6. The van der Waals surface area contributed by atoms with Crippen LogP contribution in [0.1, 0.15) is 25.5 Å². The average Bonchev–Trinajstić information content (AvgIpc) is 2.18. The van der Waals surface area contributed by atoms with Gasteiger partial charge in [0.15, 0.2) is 6.10 Å². The van der Waals surface area contributed by atoms with Crippen LogP contribution in [0, 0.1) is 0 Å². The number of aromatic hydroxyl groups is 1. The Labute approximate surface area is 88.1 Å². The van der Waals surface area contributed by atoms with E-state index in [0.717, 1.165) is 5.56 Å². The average molecular weight is 210 g/mol. The first-order chi connectivity index (χ1) is 7.00. The van der Waals surface area contributed by atoms with Crippen LogP contribution in [-0.2, 0) is 9.53 Å². The third kappa shape index (κ3) is 3.25. The highest BCUT2D eigenvalue weighted by molar-refractivity contribution is 5.71. The summed E-state index contributed by atoms with van der Waals surface area (Å²) in [5, 5.41) is 17.7. The highest BCUT2D eigenvalue weighted by Crippen LogP contribution is 2.20. The molecular formula is C11H14O4. The lowest BCUT2D eigenvalue weighted by Gasteiger charge is -2.16. The van der Waals surface area contributed by atoms with Crippen LogP contribution in [0.25, 0.3) is 0 Å². The van der Waals surface area contributed by atoms with E-state index in [1.54, 1.807) is 31.2 Å². The Hall–Kier alpha value is -1.55. The summed E-state index contributed by atoms with van der Waals surface area (Å²) in [5.74, 6) is -0.808. The molecule has 0 aliphatic carbocycles. The molecule has 0 aromatic heterocycles. The van der Waals surface area contributed by atoms with Crippen molar-refractivity contribution < 1.29 is 19.7 Å². The highest BCUT2D eigenvalue weighted by Gasteiger charge is 2.16. The quantitative estimate of drug-likeness (QED) is 0.797. The Morgan fingerprint density at radius 3 is 2.27 bits per heavy atom. The normalized spacial score (nSPS) is 14.5. The Balaban J connectivity index is 2.64. The van der Waals surface area contributed by atoms with E-state index in [2.05, 4.69) is 0 Å². The lowest BCUT2D eigenvalue weighted by molar-refractivity contribution is -0.152. The molecule has 0 spiro atoms. The summed E-state index contributed by atoms with van der Waals surface area (Å²) >= 11 is 0. The van der Waals surface area contributed by atoms with Gasteiger partial charge in [-0.1, -0.05) is 12.1 Å². The number of phenols is 1. The highest BCUT2D eigenvalue weighted by atomic mass is 16.5. The van der Waals surface area contributed by atoms with Crippen molar-refractivity contribution in [2.45, 2.75) is 26.1 Å². The Morgan fingerprint density at radius 1 is 1.27 bits per heavy atom. The number of carboxylic acids is 1. The van der Waals surface area contributed by atoms with Gasteiger partial charge in [-0.15, -0.1) is 0 Å². The lowest BCUT2D eigenvalue weighted by Crippen LogP contribution is -2.21. The van der Waals surface area contributed by atoms with Gasteiger partial charge < -0.3 is 14.9 Å². The van der Waals surface area contributed by atoms with E-state index < -0.39 is 12.1 Å². The SMILES string of the molecule is CC(O[C@@H](C)c1ccc(O)cc1)C(=O)O. The number of carbonyl (C=O) groups is 1. The van der Waals surface area contributed by atoms with Crippen LogP contribution in [0.2, 0.25) is 0 Å². The number of phenolic OH excluding ortho intramolecular Hbond substituents is 1. The number of benzene rings is 1. The summed E-state index contributed by atoms with van der Waals surface area (Å²) in [4.78, 5) is 10.6. The molecule has 0 fully saturated rings. The monoisotopic (exact) mass is 210 g/mol. The molecular weight excluding hydrogens is 196 g/mol. The van der Waals surface area contributed by atoms with E-state index in [-0.39, 0.29) is 11.9 Å². The van der Waals surface area contributed by atoms with Gasteiger partial charge in [-0.05, 0) is 31.5 Å². The molecule has 1 aromatic carbocycles. The minimum Gasteiger partial charge on any atom is -0.508 e. The molecule has 1 unspecified atom stereocenters. The van der Waals surface area contributed by atoms with Crippen LogP contribution in [0.3, 0.4) is 0 Å². The number of hydrogen-bond donors (Lipinski definition) is 2. The molecule has 0 amide bonds. The van der Waals surface area contributed by atoms with Crippen LogP contribution >= 0.6 is 0 Å². The number of carboxylic acid groups (broad SMARTS) is 1. The van der Waals surface area contributed by atoms with Gasteiger partial charge in [0.2, 0.25) is 0 Å². The van der Waals surface area contributed by atoms with Gasteiger partial charge in [-0.2, -0.15) is 0 Å². The van der Waals surface area contributed by atoms with E-state index in [0.29, 0.717) is 0 Å². The smallest absolute Gasteiger partial charge is 0.332 e. The van der Waals surface area contributed by atoms with E-state index in [1.165, 1.54) is 6.92 Å². The predicted octanol–water partition coefficient (Wildman–Crippen LogP) is 1.94. The zero-order valence-corrected chi connectivity index (χ0v) is 8.68. The molecule has 4 heteroatoms. The molecule has 0 aliphatic rings. The Bertz CT molecular complexity index is 331. The maximum Gasteiger partial charge on any atom is 0.332 e. The summed E-state index contributed by atoms with van der Waals surface area (Å²) in [6, 6.07) is 6.49. The second kappa shape index (κ2) is 4.79. The molecule has 2 N–H and O–H groups in total. The lowest BCUT2D eigenvalue weighted by atomic mass is 10.1. The molecule has 1 rings (SSSR count). The summed E-state index contributed by atoms with van der Waals surface area (Å²) in [6.45, 7) is 3.26. The molecule has 82 valence electrons.